The first-order valence-electron chi connectivity index (χ1n) is 10.3. The van der Waals surface area contributed by atoms with E-state index >= 15 is 0 Å². The maximum absolute atomic E-state index is 14.0. The number of anilines is 1. The number of carbonyl (C=O) groups excluding carboxylic acids is 2. The summed E-state index contributed by atoms with van der Waals surface area (Å²) in [6, 6.07) is 11.4. The molecule has 1 atom stereocenters. The van der Waals surface area contributed by atoms with Crippen LogP contribution in [0.25, 0.3) is 0 Å². The average molecular weight is 423 g/mol. The van der Waals surface area contributed by atoms with Gasteiger partial charge in [-0.1, -0.05) is 26.0 Å². The van der Waals surface area contributed by atoms with Gasteiger partial charge in [-0.2, -0.15) is 0 Å². The Morgan fingerprint density at radius 2 is 1.74 bits per heavy atom. The minimum absolute atomic E-state index is 0.0277. The lowest BCUT2D eigenvalue weighted by Gasteiger charge is -2.43. The predicted octanol–water partition coefficient (Wildman–Crippen LogP) is 5.01. The Hall–Kier alpha value is -3.15. The summed E-state index contributed by atoms with van der Waals surface area (Å²) >= 11 is 0. The second-order valence-electron chi connectivity index (χ2n) is 8.88. The number of hydrogen-bond donors (Lipinski definition) is 0. The van der Waals surface area contributed by atoms with Gasteiger partial charge in [-0.3, -0.25) is 14.5 Å². The number of methoxy groups -OCH3 is 2. The van der Waals surface area contributed by atoms with E-state index in [9.17, 15) is 14.0 Å². The summed E-state index contributed by atoms with van der Waals surface area (Å²) in [4.78, 5) is 28.2. The molecular weight excluding hydrogens is 397 g/mol. The number of carbonyl (C=O) groups is 2. The van der Waals surface area contributed by atoms with Crippen molar-refractivity contribution in [1.82, 2.24) is 0 Å². The SMILES string of the molecule is COc1ccc(C2CC(=O)N(c3cccc(F)c3)C3=C2C(=O)CC(C)(C)C3)cc1OC. The van der Waals surface area contributed by atoms with Crippen LogP contribution in [0.4, 0.5) is 10.1 Å². The van der Waals surface area contributed by atoms with E-state index in [1.807, 2.05) is 26.0 Å². The smallest absolute Gasteiger partial charge is 0.232 e. The lowest BCUT2D eigenvalue weighted by atomic mass is 9.69. The standard InChI is InChI=1S/C25H26FNO4/c1-25(2)13-19-24(20(28)14-25)18(15-8-9-21(30-3)22(10-15)31-4)12-23(29)27(19)17-7-5-6-16(26)11-17/h5-11,18H,12-14H2,1-4H3. The van der Waals surface area contributed by atoms with Crippen LogP contribution in [0.5, 0.6) is 11.5 Å². The maximum atomic E-state index is 14.0. The molecule has 1 amide bonds. The topological polar surface area (TPSA) is 55.8 Å². The third-order valence-electron chi connectivity index (χ3n) is 6.02. The molecule has 1 aliphatic heterocycles. The van der Waals surface area contributed by atoms with Gasteiger partial charge in [0.25, 0.3) is 0 Å². The van der Waals surface area contributed by atoms with Crippen molar-refractivity contribution in [2.75, 3.05) is 19.1 Å². The lowest BCUT2D eigenvalue weighted by Crippen LogP contribution is -2.43. The highest BCUT2D eigenvalue weighted by molar-refractivity contribution is 6.07. The highest BCUT2D eigenvalue weighted by Gasteiger charge is 2.44. The molecule has 0 bridgehead atoms. The van der Waals surface area contributed by atoms with Crippen molar-refractivity contribution < 1.29 is 23.5 Å². The van der Waals surface area contributed by atoms with E-state index in [-0.39, 0.29) is 29.4 Å². The molecule has 31 heavy (non-hydrogen) atoms. The molecule has 1 unspecified atom stereocenters. The molecule has 0 radical (unpaired) electrons. The fraction of sp³-hybridized carbons (Fsp3) is 0.360. The maximum Gasteiger partial charge on any atom is 0.232 e. The van der Waals surface area contributed by atoms with Crippen LogP contribution in [0.3, 0.4) is 0 Å². The molecule has 0 spiro atoms. The normalized spacial score (nSPS) is 20.5. The van der Waals surface area contributed by atoms with Crippen LogP contribution >= 0.6 is 0 Å². The van der Waals surface area contributed by atoms with Crippen LogP contribution in [0.1, 0.15) is 44.6 Å². The summed E-state index contributed by atoms with van der Waals surface area (Å²) in [5.41, 5.74) is 2.29. The second kappa shape index (κ2) is 7.84. The number of halogens is 1. The highest BCUT2D eigenvalue weighted by atomic mass is 19.1. The van der Waals surface area contributed by atoms with Crippen molar-refractivity contribution in [3.63, 3.8) is 0 Å². The van der Waals surface area contributed by atoms with Crippen molar-refractivity contribution in [2.24, 2.45) is 5.41 Å². The monoisotopic (exact) mass is 423 g/mol. The minimum atomic E-state index is -0.420. The number of ketones is 1. The van der Waals surface area contributed by atoms with E-state index in [2.05, 4.69) is 0 Å². The van der Waals surface area contributed by atoms with Gasteiger partial charge >= 0.3 is 0 Å². The summed E-state index contributed by atoms with van der Waals surface area (Å²) in [5.74, 6) is 0.201. The Morgan fingerprint density at radius 3 is 2.42 bits per heavy atom. The summed E-state index contributed by atoms with van der Waals surface area (Å²) in [5, 5.41) is 0. The zero-order chi connectivity index (χ0) is 22.3. The van der Waals surface area contributed by atoms with Gasteiger partial charge in [-0.15, -0.1) is 0 Å². The van der Waals surface area contributed by atoms with E-state index in [0.717, 1.165) is 5.56 Å². The summed E-state index contributed by atoms with van der Waals surface area (Å²) in [6.07, 6.45) is 1.08. The van der Waals surface area contributed by atoms with E-state index in [1.165, 1.54) is 17.0 Å². The van der Waals surface area contributed by atoms with Crippen LogP contribution in [-0.4, -0.2) is 25.9 Å². The van der Waals surface area contributed by atoms with Crippen molar-refractivity contribution in [1.29, 1.82) is 0 Å². The number of allylic oxidation sites excluding steroid dienone is 2. The van der Waals surface area contributed by atoms with E-state index in [0.29, 0.717) is 41.3 Å². The third-order valence-corrected chi connectivity index (χ3v) is 6.02. The molecule has 2 aliphatic rings. The van der Waals surface area contributed by atoms with Gasteiger partial charge in [-0.05, 0) is 47.7 Å². The fourth-order valence-electron chi connectivity index (χ4n) is 4.68. The van der Waals surface area contributed by atoms with Gasteiger partial charge in [0.15, 0.2) is 17.3 Å². The molecule has 2 aromatic carbocycles. The van der Waals surface area contributed by atoms with Crippen LogP contribution in [-0.2, 0) is 9.59 Å². The Labute approximate surface area is 181 Å². The molecule has 6 heteroatoms. The summed E-state index contributed by atoms with van der Waals surface area (Å²) < 4.78 is 24.7. The molecule has 0 saturated carbocycles. The first-order valence-corrected chi connectivity index (χ1v) is 10.3. The molecule has 0 aromatic heterocycles. The number of hydrogen-bond acceptors (Lipinski definition) is 4. The largest absolute Gasteiger partial charge is 0.493 e. The van der Waals surface area contributed by atoms with Crippen LogP contribution in [0.2, 0.25) is 0 Å². The summed E-state index contributed by atoms with van der Waals surface area (Å²) in [6.45, 7) is 4.03. The molecule has 0 N–H and O–H groups in total. The fourth-order valence-corrected chi connectivity index (χ4v) is 4.68. The van der Waals surface area contributed by atoms with Gasteiger partial charge < -0.3 is 9.47 Å². The number of Topliss-reactive ketones (excluding diaryl/α,β-unsaturated/α-hetero) is 1. The molecule has 2 aromatic rings. The number of rotatable bonds is 4. The minimum Gasteiger partial charge on any atom is -0.493 e. The molecular formula is C25H26FNO4. The Morgan fingerprint density at radius 1 is 1.00 bits per heavy atom. The van der Waals surface area contributed by atoms with Crippen molar-refractivity contribution in [2.45, 2.75) is 39.0 Å². The van der Waals surface area contributed by atoms with E-state index < -0.39 is 5.82 Å². The molecule has 1 aliphatic carbocycles. The number of nitrogens with zero attached hydrogens (tertiary/aromatic N) is 1. The van der Waals surface area contributed by atoms with Crippen molar-refractivity contribution in [3.05, 3.63) is 65.1 Å². The summed E-state index contributed by atoms with van der Waals surface area (Å²) in [7, 11) is 3.12. The van der Waals surface area contributed by atoms with Crippen molar-refractivity contribution >= 4 is 17.4 Å². The first-order chi connectivity index (χ1) is 14.7. The van der Waals surface area contributed by atoms with Crippen molar-refractivity contribution in [3.8, 4) is 11.5 Å². The van der Waals surface area contributed by atoms with Gasteiger partial charge in [0.05, 0.1) is 19.9 Å². The second-order valence-corrected chi connectivity index (χ2v) is 8.88. The van der Waals surface area contributed by atoms with Gasteiger partial charge in [0, 0.05) is 30.0 Å². The zero-order valence-corrected chi connectivity index (χ0v) is 18.2. The Balaban J connectivity index is 1.89. The van der Waals surface area contributed by atoms with Crippen LogP contribution < -0.4 is 14.4 Å². The number of amides is 1. The van der Waals surface area contributed by atoms with Gasteiger partial charge in [0.1, 0.15) is 5.82 Å². The van der Waals surface area contributed by atoms with E-state index in [1.54, 1.807) is 32.4 Å². The first kappa shape index (κ1) is 21.1. The van der Waals surface area contributed by atoms with Gasteiger partial charge in [-0.25, -0.2) is 4.39 Å². The van der Waals surface area contributed by atoms with Crippen LogP contribution in [0.15, 0.2) is 53.7 Å². The third kappa shape index (κ3) is 3.82. The molecule has 4 rings (SSSR count). The average Bonchev–Trinajstić information content (AvgIpc) is 2.71. The molecule has 5 nitrogen and oxygen atoms in total. The Bertz CT molecular complexity index is 1090. The number of benzene rings is 2. The van der Waals surface area contributed by atoms with Crippen LogP contribution in [0, 0.1) is 11.2 Å². The lowest BCUT2D eigenvalue weighted by molar-refractivity contribution is -0.121. The molecule has 1 heterocycles. The number of ether oxygens (including phenoxy) is 2. The molecule has 0 saturated heterocycles. The zero-order valence-electron chi connectivity index (χ0n) is 18.2. The van der Waals surface area contributed by atoms with E-state index in [4.69, 9.17) is 9.47 Å². The Kier molecular flexibility index (Phi) is 5.33. The molecule has 0 fully saturated rings. The predicted molar refractivity (Wildman–Crippen MR) is 116 cm³/mol. The quantitative estimate of drug-likeness (QED) is 0.694. The highest BCUT2D eigenvalue weighted by Crippen LogP contribution is 2.48. The molecule has 162 valence electrons. The van der Waals surface area contributed by atoms with Gasteiger partial charge in [0.2, 0.25) is 5.91 Å².